The van der Waals surface area contributed by atoms with Gasteiger partial charge in [0.25, 0.3) is 0 Å². The fraction of sp³-hybridized carbons (Fsp3) is 0.118. The Labute approximate surface area is 237 Å². The van der Waals surface area contributed by atoms with Crippen LogP contribution in [0.25, 0.3) is 0 Å². The van der Waals surface area contributed by atoms with Gasteiger partial charge >= 0.3 is 0 Å². The molecule has 0 aliphatic carbocycles. The molecule has 0 fully saturated rings. The van der Waals surface area contributed by atoms with Gasteiger partial charge < -0.3 is 26.5 Å². The molecule has 5 aromatic carbocycles. The zero-order valence-electron chi connectivity index (χ0n) is 21.3. The Bertz CT molecular complexity index is 1270. The first-order chi connectivity index (χ1) is 18.4. The Morgan fingerprint density at radius 1 is 0.447 bits per heavy atom. The average Bonchev–Trinajstić information content (AvgIpc) is 2.98. The second kappa shape index (κ2) is 14.0. The highest BCUT2D eigenvalue weighted by Gasteiger charge is 2.45. The molecule has 5 rings (SSSR count). The van der Waals surface area contributed by atoms with Crippen molar-refractivity contribution in [2.75, 3.05) is 13.2 Å². The van der Waals surface area contributed by atoms with Crippen molar-refractivity contribution in [3.8, 4) is 11.5 Å². The molecule has 0 spiro atoms. The molecule has 0 aromatic heterocycles. The van der Waals surface area contributed by atoms with Crippen LogP contribution in [-0.2, 0) is 6.16 Å². The second-order valence-electron chi connectivity index (χ2n) is 8.95. The Morgan fingerprint density at radius 3 is 1.39 bits per heavy atom. The van der Waals surface area contributed by atoms with Crippen molar-refractivity contribution in [2.24, 2.45) is 0 Å². The average molecular weight is 584 g/mol. The molecule has 0 bridgehead atoms. The molecule has 0 heterocycles. The maximum atomic E-state index is 6.37. The Hall–Kier alpha value is -3.39. The van der Waals surface area contributed by atoms with E-state index in [-0.39, 0.29) is 17.0 Å². The van der Waals surface area contributed by atoms with E-state index in [4.69, 9.17) is 9.47 Å². The molecule has 0 saturated heterocycles. The largest absolute Gasteiger partial charge is 1.00 e. The number of para-hydroxylation sites is 2. The lowest BCUT2D eigenvalue weighted by Gasteiger charge is -2.28. The summed E-state index contributed by atoms with van der Waals surface area (Å²) in [6, 6.07) is 51.4. The predicted molar refractivity (Wildman–Crippen MR) is 157 cm³/mol. The quantitative estimate of drug-likeness (QED) is 0.173. The van der Waals surface area contributed by atoms with Crippen molar-refractivity contribution in [3.05, 3.63) is 151 Å². The SMILES string of the molecule is [Br-].c1ccc(OCCCOc2ccccc2C[P+](c2ccccc2)(c2ccccc2)c2ccccc2)cc1. The molecule has 0 radical (unpaired) electrons. The lowest BCUT2D eigenvalue weighted by molar-refractivity contribution is -0.00000828. The molecule has 0 N–H and O–H groups in total. The first-order valence-corrected chi connectivity index (χ1v) is 14.8. The minimum Gasteiger partial charge on any atom is -1.00 e. The van der Waals surface area contributed by atoms with Crippen LogP contribution in [-0.4, -0.2) is 13.2 Å². The first kappa shape index (κ1) is 27.6. The summed E-state index contributed by atoms with van der Waals surface area (Å²) in [5.41, 5.74) is 1.23. The molecular formula is C34H32BrO2P. The van der Waals surface area contributed by atoms with Gasteiger partial charge in [0.2, 0.25) is 0 Å². The van der Waals surface area contributed by atoms with Crippen molar-refractivity contribution < 1.29 is 26.5 Å². The van der Waals surface area contributed by atoms with Crippen molar-refractivity contribution in [1.82, 2.24) is 0 Å². The van der Waals surface area contributed by atoms with Gasteiger partial charge in [-0.1, -0.05) is 91.0 Å². The zero-order valence-corrected chi connectivity index (χ0v) is 23.8. The van der Waals surface area contributed by atoms with Gasteiger partial charge in [0, 0.05) is 12.0 Å². The van der Waals surface area contributed by atoms with E-state index >= 15 is 0 Å². The molecule has 0 amide bonds. The van der Waals surface area contributed by atoms with Crippen LogP contribution < -0.4 is 42.4 Å². The standard InChI is InChI=1S/C34H32O2P.BrH/c1-5-17-30(18-6-1)35-26-15-27-36-34-25-14-13-16-29(34)28-37(31-19-7-2-8-20-31,32-21-9-3-10-22-32)33-23-11-4-12-24-33;/h1-14,16-25H,15,26-28H2;1H/q+1;/p-1. The van der Waals surface area contributed by atoms with Gasteiger partial charge in [-0.2, -0.15) is 0 Å². The Morgan fingerprint density at radius 2 is 0.868 bits per heavy atom. The van der Waals surface area contributed by atoms with Crippen molar-refractivity contribution in [1.29, 1.82) is 0 Å². The van der Waals surface area contributed by atoms with Gasteiger partial charge in [-0.3, -0.25) is 0 Å². The molecule has 2 nitrogen and oxygen atoms in total. The lowest BCUT2D eigenvalue weighted by Crippen LogP contribution is -3.00. The third-order valence-electron chi connectivity index (χ3n) is 6.53. The maximum Gasteiger partial charge on any atom is 0.126 e. The normalized spacial score (nSPS) is 10.8. The Balaban J connectivity index is 0.00000336. The molecule has 38 heavy (non-hydrogen) atoms. The summed E-state index contributed by atoms with van der Waals surface area (Å²) < 4.78 is 12.2. The zero-order chi connectivity index (χ0) is 25.2. The number of benzene rings is 5. The lowest BCUT2D eigenvalue weighted by atomic mass is 10.2. The fourth-order valence-electron chi connectivity index (χ4n) is 4.75. The fourth-order valence-corrected chi connectivity index (χ4v) is 9.00. The minimum atomic E-state index is -1.99. The van der Waals surface area contributed by atoms with Gasteiger partial charge in [0.1, 0.15) is 40.8 Å². The summed E-state index contributed by atoms with van der Waals surface area (Å²) in [6.07, 6.45) is 1.71. The van der Waals surface area contributed by atoms with E-state index in [1.165, 1.54) is 21.5 Å². The molecule has 0 atom stereocenters. The summed E-state index contributed by atoms with van der Waals surface area (Å²) in [4.78, 5) is 0. The van der Waals surface area contributed by atoms with Crippen LogP contribution in [0.2, 0.25) is 0 Å². The highest BCUT2D eigenvalue weighted by molar-refractivity contribution is 7.95. The van der Waals surface area contributed by atoms with E-state index in [0.717, 1.165) is 24.1 Å². The van der Waals surface area contributed by atoms with Crippen LogP contribution in [0, 0.1) is 0 Å². The van der Waals surface area contributed by atoms with E-state index in [0.29, 0.717) is 13.2 Å². The number of hydrogen-bond donors (Lipinski definition) is 0. The van der Waals surface area contributed by atoms with Crippen LogP contribution in [0.15, 0.2) is 146 Å². The van der Waals surface area contributed by atoms with E-state index < -0.39 is 7.26 Å². The van der Waals surface area contributed by atoms with Crippen LogP contribution in [0.5, 0.6) is 11.5 Å². The topological polar surface area (TPSA) is 18.5 Å². The molecule has 5 aromatic rings. The molecule has 0 unspecified atom stereocenters. The summed E-state index contributed by atoms with van der Waals surface area (Å²) in [5, 5.41) is 4.12. The predicted octanol–water partition coefficient (Wildman–Crippen LogP) is 4.03. The molecule has 0 aliphatic heterocycles. The maximum absolute atomic E-state index is 6.37. The van der Waals surface area contributed by atoms with E-state index in [1.54, 1.807) is 0 Å². The number of ether oxygens (including phenoxy) is 2. The second-order valence-corrected chi connectivity index (χ2v) is 12.4. The van der Waals surface area contributed by atoms with Crippen molar-refractivity contribution in [3.63, 3.8) is 0 Å². The highest BCUT2D eigenvalue weighted by Crippen LogP contribution is 2.58. The molecule has 192 valence electrons. The van der Waals surface area contributed by atoms with Gasteiger partial charge in [-0.25, -0.2) is 0 Å². The van der Waals surface area contributed by atoms with Gasteiger partial charge in [-0.05, 0) is 54.6 Å². The smallest absolute Gasteiger partial charge is 0.126 e. The summed E-state index contributed by atoms with van der Waals surface area (Å²) in [5.74, 6) is 1.85. The van der Waals surface area contributed by atoms with E-state index in [9.17, 15) is 0 Å². The molecule has 4 heteroatoms. The summed E-state index contributed by atoms with van der Waals surface area (Å²) >= 11 is 0. The summed E-state index contributed by atoms with van der Waals surface area (Å²) in [7, 11) is -1.99. The third-order valence-corrected chi connectivity index (χ3v) is 10.9. The van der Waals surface area contributed by atoms with Crippen LogP contribution in [0.4, 0.5) is 0 Å². The van der Waals surface area contributed by atoms with Crippen molar-refractivity contribution in [2.45, 2.75) is 12.6 Å². The molecule has 0 saturated carbocycles. The highest BCUT2D eigenvalue weighted by atomic mass is 79.9. The number of halogens is 1. The first-order valence-electron chi connectivity index (χ1n) is 12.8. The van der Waals surface area contributed by atoms with Gasteiger partial charge in [-0.15, -0.1) is 0 Å². The van der Waals surface area contributed by atoms with Crippen LogP contribution in [0.3, 0.4) is 0 Å². The minimum absolute atomic E-state index is 0. The number of hydrogen-bond acceptors (Lipinski definition) is 2. The van der Waals surface area contributed by atoms with Gasteiger partial charge in [0.05, 0.1) is 13.2 Å². The molecule has 0 aliphatic rings. The molecular weight excluding hydrogens is 551 g/mol. The third kappa shape index (κ3) is 6.54. The van der Waals surface area contributed by atoms with E-state index in [1.807, 2.05) is 30.3 Å². The van der Waals surface area contributed by atoms with Crippen LogP contribution in [0.1, 0.15) is 12.0 Å². The van der Waals surface area contributed by atoms with Gasteiger partial charge in [0.15, 0.2) is 0 Å². The number of rotatable bonds is 11. The van der Waals surface area contributed by atoms with Crippen molar-refractivity contribution >= 4 is 23.2 Å². The van der Waals surface area contributed by atoms with E-state index in [2.05, 4.69) is 115 Å². The Kier molecular flexibility index (Phi) is 10.1. The van der Waals surface area contributed by atoms with Crippen LogP contribution >= 0.6 is 7.26 Å². The summed E-state index contributed by atoms with van der Waals surface area (Å²) in [6.45, 7) is 1.23. The monoisotopic (exact) mass is 582 g/mol.